The van der Waals surface area contributed by atoms with E-state index in [1.54, 1.807) is 6.07 Å². The van der Waals surface area contributed by atoms with Crippen LogP contribution in [0.5, 0.6) is 0 Å². The Balaban J connectivity index is 2.37. The average Bonchev–Trinajstić information content (AvgIpc) is 2.68. The number of nitrogens with zero attached hydrogens (tertiary/aromatic N) is 1. The van der Waals surface area contributed by atoms with Gasteiger partial charge in [-0.15, -0.1) is 0 Å². The van der Waals surface area contributed by atoms with Gasteiger partial charge in [-0.25, -0.2) is 0 Å². The van der Waals surface area contributed by atoms with E-state index < -0.39 is 0 Å². The minimum absolute atomic E-state index is 0.0860. The molecule has 2 aromatic rings. The van der Waals surface area contributed by atoms with Crippen molar-refractivity contribution in [1.82, 2.24) is 5.16 Å². The molecule has 0 aliphatic heterocycles. The van der Waals surface area contributed by atoms with Gasteiger partial charge in [0.1, 0.15) is 5.69 Å². The van der Waals surface area contributed by atoms with E-state index in [0.717, 1.165) is 5.56 Å². The Bertz CT molecular complexity index is 483. The highest BCUT2D eigenvalue weighted by Crippen LogP contribution is 2.20. The van der Waals surface area contributed by atoms with Gasteiger partial charge in [-0.1, -0.05) is 35.0 Å². The van der Waals surface area contributed by atoms with Crippen LogP contribution >= 0.6 is 0 Å². The number of rotatable bonds is 2. The molecular weight excluding hydrogens is 190 g/mol. The van der Waals surface area contributed by atoms with Crippen LogP contribution in [0.25, 0.3) is 11.3 Å². The van der Waals surface area contributed by atoms with Crippen LogP contribution in [0.1, 0.15) is 23.0 Å². The van der Waals surface area contributed by atoms with Gasteiger partial charge in [-0.05, 0) is 6.92 Å². The van der Waals surface area contributed by atoms with Crippen LogP contribution in [0.3, 0.4) is 0 Å². The lowest BCUT2D eigenvalue weighted by Crippen LogP contribution is -1.89. The molecule has 1 aromatic carbocycles. The third-order valence-corrected chi connectivity index (χ3v) is 2.21. The van der Waals surface area contributed by atoms with Crippen molar-refractivity contribution < 1.29 is 9.32 Å². The molecule has 0 spiro atoms. The van der Waals surface area contributed by atoms with Crippen LogP contribution in [0.2, 0.25) is 0 Å². The summed E-state index contributed by atoms with van der Waals surface area (Å²) in [6.07, 6.45) is 0. The molecule has 0 aliphatic carbocycles. The van der Waals surface area contributed by atoms with Gasteiger partial charge in [0.05, 0.1) is 0 Å². The summed E-state index contributed by atoms with van der Waals surface area (Å²) in [6, 6.07) is 9.53. The Morgan fingerprint density at radius 2 is 1.93 bits per heavy atom. The van der Waals surface area contributed by atoms with Gasteiger partial charge in [0.2, 0.25) is 0 Å². The molecule has 3 heteroatoms. The first-order chi connectivity index (χ1) is 7.16. The maximum atomic E-state index is 11.0. The van der Waals surface area contributed by atoms with Crippen molar-refractivity contribution in [3.05, 3.63) is 41.6 Å². The molecule has 0 saturated heterocycles. The second-order valence-electron chi connectivity index (χ2n) is 3.50. The normalized spacial score (nSPS) is 10.3. The Labute approximate surface area is 87.7 Å². The van der Waals surface area contributed by atoms with Crippen molar-refractivity contribution in [1.29, 1.82) is 0 Å². The second kappa shape index (κ2) is 3.69. The molecule has 2 rings (SSSR count). The summed E-state index contributed by atoms with van der Waals surface area (Å²) < 4.78 is 5.08. The Hall–Kier alpha value is -1.90. The lowest BCUT2D eigenvalue weighted by Gasteiger charge is -1.95. The maximum Gasteiger partial charge on any atom is 0.181 e. The average molecular weight is 201 g/mol. The first kappa shape index (κ1) is 9.65. The van der Waals surface area contributed by atoms with Gasteiger partial charge in [0.15, 0.2) is 11.5 Å². The van der Waals surface area contributed by atoms with E-state index in [4.69, 9.17) is 4.52 Å². The van der Waals surface area contributed by atoms with E-state index in [0.29, 0.717) is 11.5 Å². The predicted octanol–water partition coefficient (Wildman–Crippen LogP) is 2.85. The van der Waals surface area contributed by atoms with E-state index in [1.165, 1.54) is 12.5 Å². The third kappa shape index (κ3) is 1.96. The molecule has 0 bridgehead atoms. The highest BCUT2D eigenvalue weighted by atomic mass is 16.5. The van der Waals surface area contributed by atoms with Crippen molar-refractivity contribution in [2.45, 2.75) is 13.8 Å². The van der Waals surface area contributed by atoms with Gasteiger partial charge >= 0.3 is 0 Å². The molecule has 0 fully saturated rings. The third-order valence-electron chi connectivity index (χ3n) is 2.21. The van der Waals surface area contributed by atoms with E-state index in [9.17, 15) is 4.79 Å². The Morgan fingerprint density at radius 1 is 1.27 bits per heavy atom. The number of aromatic nitrogens is 1. The van der Waals surface area contributed by atoms with E-state index in [2.05, 4.69) is 5.16 Å². The number of carbonyl (C=O) groups is 1. The zero-order valence-electron chi connectivity index (χ0n) is 8.65. The molecule has 76 valence electrons. The molecule has 1 aromatic heterocycles. The van der Waals surface area contributed by atoms with Crippen molar-refractivity contribution in [2.75, 3.05) is 0 Å². The highest BCUT2D eigenvalue weighted by Gasteiger charge is 2.09. The number of carbonyl (C=O) groups excluding carboxylic acids is 1. The van der Waals surface area contributed by atoms with Gasteiger partial charge in [0, 0.05) is 18.6 Å². The quantitative estimate of drug-likeness (QED) is 0.701. The molecule has 0 unspecified atom stereocenters. The van der Waals surface area contributed by atoms with Crippen molar-refractivity contribution in [3.63, 3.8) is 0 Å². The second-order valence-corrected chi connectivity index (χ2v) is 3.50. The van der Waals surface area contributed by atoms with Crippen molar-refractivity contribution >= 4 is 5.78 Å². The molecular formula is C12H11NO2. The van der Waals surface area contributed by atoms with Crippen LogP contribution in [0.4, 0.5) is 0 Å². The maximum absolute atomic E-state index is 11.0. The summed E-state index contributed by atoms with van der Waals surface area (Å²) in [5.41, 5.74) is 2.48. The summed E-state index contributed by atoms with van der Waals surface area (Å²) in [7, 11) is 0. The minimum Gasteiger partial charge on any atom is -0.356 e. The first-order valence-electron chi connectivity index (χ1n) is 4.71. The monoisotopic (exact) mass is 201 g/mol. The summed E-state index contributed by atoms with van der Waals surface area (Å²) in [5.74, 6) is 0.539. The summed E-state index contributed by atoms with van der Waals surface area (Å²) in [4.78, 5) is 11.0. The number of aryl methyl sites for hydroxylation is 1. The lowest BCUT2D eigenvalue weighted by molar-refractivity contribution is 0.100. The number of ketones is 1. The molecule has 0 atom stereocenters. The van der Waals surface area contributed by atoms with Crippen molar-refractivity contribution in [3.8, 4) is 11.3 Å². The zero-order chi connectivity index (χ0) is 10.8. The van der Waals surface area contributed by atoms with E-state index in [-0.39, 0.29) is 5.78 Å². The molecule has 1 heterocycles. The van der Waals surface area contributed by atoms with Crippen LogP contribution in [0.15, 0.2) is 34.9 Å². The number of hydrogen-bond acceptors (Lipinski definition) is 3. The summed E-state index contributed by atoms with van der Waals surface area (Å²) >= 11 is 0. The van der Waals surface area contributed by atoms with Crippen LogP contribution in [0, 0.1) is 6.92 Å². The highest BCUT2D eigenvalue weighted by molar-refractivity contribution is 5.92. The minimum atomic E-state index is -0.0860. The summed E-state index contributed by atoms with van der Waals surface area (Å²) in [5, 5.41) is 3.69. The predicted molar refractivity (Wildman–Crippen MR) is 56.7 cm³/mol. The summed E-state index contributed by atoms with van der Waals surface area (Å²) in [6.45, 7) is 3.49. The van der Waals surface area contributed by atoms with Crippen LogP contribution < -0.4 is 0 Å². The molecule has 0 N–H and O–H groups in total. The molecule has 0 radical (unpaired) electrons. The van der Waals surface area contributed by atoms with Gasteiger partial charge in [-0.3, -0.25) is 4.79 Å². The van der Waals surface area contributed by atoms with E-state index in [1.807, 2.05) is 31.2 Å². The standard InChI is InChI=1S/C12H11NO2/c1-8-3-5-10(6-4-8)12-7-11(9(2)14)13-15-12/h3-7H,1-2H3. The zero-order valence-corrected chi connectivity index (χ0v) is 8.65. The van der Waals surface area contributed by atoms with Crippen LogP contribution in [-0.2, 0) is 0 Å². The lowest BCUT2D eigenvalue weighted by atomic mass is 10.1. The fraction of sp³-hybridized carbons (Fsp3) is 0.167. The fourth-order valence-corrected chi connectivity index (χ4v) is 1.30. The molecule has 0 aliphatic rings. The van der Waals surface area contributed by atoms with Gasteiger partial charge < -0.3 is 4.52 Å². The largest absolute Gasteiger partial charge is 0.356 e. The molecule has 3 nitrogen and oxygen atoms in total. The molecule has 15 heavy (non-hydrogen) atoms. The Kier molecular flexibility index (Phi) is 2.37. The SMILES string of the molecule is CC(=O)c1cc(-c2ccc(C)cc2)on1. The number of benzene rings is 1. The van der Waals surface area contributed by atoms with Crippen LogP contribution in [-0.4, -0.2) is 10.9 Å². The molecule has 0 saturated carbocycles. The fourth-order valence-electron chi connectivity index (χ4n) is 1.30. The van der Waals surface area contributed by atoms with Crippen molar-refractivity contribution in [2.24, 2.45) is 0 Å². The topological polar surface area (TPSA) is 43.1 Å². The number of Topliss-reactive ketones (excluding diaryl/α,β-unsaturated/α-hetero) is 1. The smallest absolute Gasteiger partial charge is 0.181 e. The van der Waals surface area contributed by atoms with Gasteiger partial charge in [-0.2, -0.15) is 0 Å². The molecule has 0 amide bonds. The number of hydrogen-bond donors (Lipinski definition) is 0. The van der Waals surface area contributed by atoms with E-state index >= 15 is 0 Å². The Morgan fingerprint density at radius 3 is 2.47 bits per heavy atom. The van der Waals surface area contributed by atoms with Gasteiger partial charge in [0.25, 0.3) is 0 Å². The first-order valence-corrected chi connectivity index (χ1v) is 4.71.